The zero-order chi connectivity index (χ0) is 14.4. The van der Waals surface area contributed by atoms with E-state index in [1.165, 1.54) is 4.90 Å². The lowest BCUT2D eigenvalue weighted by molar-refractivity contribution is -0.142. The molecule has 0 aliphatic rings. The van der Waals surface area contributed by atoms with Crippen molar-refractivity contribution in [3.8, 4) is 0 Å². The molecular formula is C13H15Cl2NO3. The Morgan fingerprint density at radius 2 is 2.05 bits per heavy atom. The van der Waals surface area contributed by atoms with Gasteiger partial charge in [-0.1, -0.05) is 23.7 Å². The summed E-state index contributed by atoms with van der Waals surface area (Å²) in [5, 5.41) is 0.391. The fraction of sp³-hybridized carbons (Fsp3) is 0.385. The highest BCUT2D eigenvalue weighted by atomic mass is 35.5. The van der Waals surface area contributed by atoms with E-state index in [-0.39, 0.29) is 19.0 Å². The molecule has 1 rings (SSSR count). The molecule has 0 radical (unpaired) electrons. The zero-order valence-corrected chi connectivity index (χ0v) is 12.3. The van der Waals surface area contributed by atoms with Crippen molar-refractivity contribution in [2.75, 3.05) is 23.9 Å². The summed E-state index contributed by atoms with van der Waals surface area (Å²) in [7, 11) is 0. The van der Waals surface area contributed by atoms with E-state index in [4.69, 9.17) is 27.9 Å². The molecule has 4 nitrogen and oxygen atoms in total. The number of amides is 1. The van der Waals surface area contributed by atoms with E-state index in [1.54, 1.807) is 32.0 Å². The van der Waals surface area contributed by atoms with Crippen molar-refractivity contribution < 1.29 is 14.3 Å². The van der Waals surface area contributed by atoms with Crippen LogP contribution in [0, 0.1) is 6.92 Å². The molecule has 0 saturated heterocycles. The van der Waals surface area contributed by atoms with Crippen molar-refractivity contribution >= 4 is 40.8 Å². The largest absolute Gasteiger partial charge is 0.465 e. The predicted octanol–water partition coefficient (Wildman–Crippen LogP) is 2.78. The average Bonchev–Trinajstić information content (AvgIpc) is 2.36. The minimum absolute atomic E-state index is 0.204. The van der Waals surface area contributed by atoms with Crippen LogP contribution in [0.4, 0.5) is 5.69 Å². The quantitative estimate of drug-likeness (QED) is 0.621. The molecule has 0 N–H and O–H groups in total. The summed E-state index contributed by atoms with van der Waals surface area (Å²) < 4.78 is 4.85. The van der Waals surface area contributed by atoms with Crippen LogP contribution in [0.5, 0.6) is 0 Å². The van der Waals surface area contributed by atoms with Crippen LogP contribution in [0.1, 0.15) is 12.5 Å². The standard InChI is InChI=1S/C13H15Cl2NO3/c1-3-19-12(18)8-16(11(17)7-14)13-9(2)5-4-6-10(13)15/h4-6H,3,7-8H2,1-2H3. The number of esters is 1. The van der Waals surface area contributed by atoms with Gasteiger partial charge in [0.05, 0.1) is 17.3 Å². The van der Waals surface area contributed by atoms with Gasteiger partial charge < -0.3 is 4.74 Å². The molecule has 0 unspecified atom stereocenters. The Morgan fingerprint density at radius 3 is 2.58 bits per heavy atom. The highest BCUT2D eigenvalue weighted by Crippen LogP contribution is 2.29. The predicted molar refractivity (Wildman–Crippen MR) is 75.9 cm³/mol. The Hall–Kier alpha value is -1.26. The lowest BCUT2D eigenvalue weighted by atomic mass is 10.1. The summed E-state index contributed by atoms with van der Waals surface area (Å²) in [6, 6.07) is 5.24. The molecule has 0 saturated carbocycles. The molecule has 19 heavy (non-hydrogen) atoms. The number of nitrogens with zero attached hydrogens (tertiary/aromatic N) is 1. The average molecular weight is 304 g/mol. The second kappa shape index (κ2) is 7.36. The highest BCUT2D eigenvalue weighted by molar-refractivity contribution is 6.35. The van der Waals surface area contributed by atoms with Crippen LogP contribution in [0.25, 0.3) is 0 Å². The SMILES string of the molecule is CCOC(=O)CN(C(=O)CCl)c1c(C)cccc1Cl. The number of hydrogen-bond acceptors (Lipinski definition) is 3. The number of ether oxygens (including phenoxy) is 1. The maximum absolute atomic E-state index is 11.9. The molecule has 0 atom stereocenters. The van der Waals surface area contributed by atoms with E-state index in [2.05, 4.69) is 0 Å². The topological polar surface area (TPSA) is 46.6 Å². The molecule has 104 valence electrons. The molecule has 6 heteroatoms. The Balaban J connectivity index is 3.10. The molecule has 1 aromatic carbocycles. The first-order valence-corrected chi connectivity index (χ1v) is 6.69. The number of benzene rings is 1. The number of alkyl halides is 1. The second-order valence-electron chi connectivity index (χ2n) is 3.82. The van der Waals surface area contributed by atoms with Crippen molar-refractivity contribution in [3.05, 3.63) is 28.8 Å². The van der Waals surface area contributed by atoms with Crippen LogP contribution < -0.4 is 4.90 Å². The number of hydrogen-bond donors (Lipinski definition) is 0. The molecule has 0 aliphatic heterocycles. The van der Waals surface area contributed by atoms with Gasteiger partial charge in [0.25, 0.3) is 0 Å². The van der Waals surface area contributed by atoms with Gasteiger partial charge in [0.15, 0.2) is 0 Å². The third-order valence-electron chi connectivity index (χ3n) is 2.47. The summed E-state index contributed by atoms with van der Waals surface area (Å²) in [5.74, 6) is -1.13. The summed E-state index contributed by atoms with van der Waals surface area (Å²) in [6.07, 6.45) is 0. The Morgan fingerprint density at radius 1 is 1.37 bits per heavy atom. The number of anilines is 1. The first kappa shape index (κ1) is 15.8. The van der Waals surface area contributed by atoms with Gasteiger partial charge in [-0.3, -0.25) is 14.5 Å². The summed E-state index contributed by atoms with van der Waals surface area (Å²) in [5.41, 5.74) is 1.28. The van der Waals surface area contributed by atoms with E-state index in [9.17, 15) is 9.59 Å². The second-order valence-corrected chi connectivity index (χ2v) is 4.50. The molecule has 0 bridgehead atoms. The van der Waals surface area contributed by atoms with Crippen LogP contribution in [-0.4, -0.2) is 30.9 Å². The number of aryl methyl sites for hydroxylation is 1. The number of rotatable bonds is 5. The highest BCUT2D eigenvalue weighted by Gasteiger charge is 2.22. The Labute approximate surface area is 122 Å². The van der Waals surface area contributed by atoms with Gasteiger partial charge in [0, 0.05) is 0 Å². The number of carbonyl (C=O) groups is 2. The lowest BCUT2D eigenvalue weighted by Gasteiger charge is -2.23. The van der Waals surface area contributed by atoms with Crippen LogP contribution in [0.15, 0.2) is 18.2 Å². The van der Waals surface area contributed by atoms with Gasteiger partial charge in [-0.2, -0.15) is 0 Å². The van der Waals surface area contributed by atoms with Gasteiger partial charge in [-0.15, -0.1) is 11.6 Å². The molecular weight excluding hydrogens is 289 g/mol. The monoisotopic (exact) mass is 303 g/mol. The van der Waals surface area contributed by atoms with Crippen LogP contribution >= 0.6 is 23.2 Å². The minimum Gasteiger partial charge on any atom is -0.465 e. The normalized spacial score (nSPS) is 10.1. The van der Waals surface area contributed by atoms with Crippen molar-refractivity contribution in [2.45, 2.75) is 13.8 Å². The maximum atomic E-state index is 11.9. The molecule has 1 aromatic rings. The van der Waals surface area contributed by atoms with Crippen LogP contribution in [0.3, 0.4) is 0 Å². The lowest BCUT2D eigenvalue weighted by Crippen LogP contribution is -2.38. The van der Waals surface area contributed by atoms with Crippen molar-refractivity contribution in [1.82, 2.24) is 0 Å². The molecule has 0 heterocycles. The first-order chi connectivity index (χ1) is 9.01. The van der Waals surface area contributed by atoms with Gasteiger partial charge in [0.2, 0.25) is 5.91 Å². The van der Waals surface area contributed by atoms with Gasteiger partial charge in [-0.05, 0) is 25.5 Å². The fourth-order valence-corrected chi connectivity index (χ4v) is 2.13. The minimum atomic E-state index is -0.500. The molecule has 0 spiro atoms. The number of para-hydroxylation sites is 1. The van der Waals surface area contributed by atoms with Crippen molar-refractivity contribution in [2.24, 2.45) is 0 Å². The fourth-order valence-electron chi connectivity index (χ4n) is 1.66. The molecule has 0 aliphatic carbocycles. The Bertz CT molecular complexity index is 457. The van der Waals surface area contributed by atoms with E-state index in [0.29, 0.717) is 10.7 Å². The summed E-state index contributed by atoms with van der Waals surface area (Å²) in [6.45, 7) is 3.56. The van der Waals surface area contributed by atoms with E-state index < -0.39 is 11.9 Å². The van der Waals surface area contributed by atoms with Gasteiger partial charge in [0.1, 0.15) is 12.4 Å². The zero-order valence-electron chi connectivity index (χ0n) is 10.8. The molecule has 0 fully saturated rings. The van der Waals surface area contributed by atoms with Crippen LogP contribution in [0.2, 0.25) is 5.02 Å². The number of halogens is 2. The third kappa shape index (κ3) is 4.11. The smallest absolute Gasteiger partial charge is 0.326 e. The summed E-state index contributed by atoms with van der Waals surface area (Å²) in [4.78, 5) is 24.7. The Kier molecular flexibility index (Phi) is 6.12. The third-order valence-corrected chi connectivity index (χ3v) is 3.00. The van der Waals surface area contributed by atoms with Gasteiger partial charge in [-0.25, -0.2) is 0 Å². The van der Waals surface area contributed by atoms with Gasteiger partial charge >= 0.3 is 5.97 Å². The molecule has 0 aromatic heterocycles. The van der Waals surface area contributed by atoms with Crippen molar-refractivity contribution in [1.29, 1.82) is 0 Å². The van der Waals surface area contributed by atoms with E-state index in [0.717, 1.165) is 5.56 Å². The maximum Gasteiger partial charge on any atom is 0.326 e. The van der Waals surface area contributed by atoms with E-state index >= 15 is 0 Å². The number of carbonyl (C=O) groups excluding carboxylic acids is 2. The summed E-state index contributed by atoms with van der Waals surface area (Å²) >= 11 is 11.7. The first-order valence-electron chi connectivity index (χ1n) is 5.78. The van der Waals surface area contributed by atoms with Crippen LogP contribution in [-0.2, 0) is 14.3 Å². The van der Waals surface area contributed by atoms with E-state index in [1.807, 2.05) is 0 Å². The molecule has 1 amide bonds. The van der Waals surface area contributed by atoms with Crippen molar-refractivity contribution in [3.63, 3.8) is 0 Å².